The second-order valence-corrected chi connectivity index (χ2v) is 9.88. The molecule has 0 fully saturated rings. The van der Waals surface area contributed by atoms with Crippen molar-refractivity contribution < 1.29 is 0 Å². The molecule has 5 aromatic carbocycles. The van der Waals surface area contributed by atoms with E-state index in [-0.39, 0.29) is 0 Å². The van der Waals surface area contributed by atoms with Crippen LogP contribution >= 0.6 is 0 Å². The Kier molecular flexibility index (Phi) is 5.73. The first-order valence-corrected chi connectivity index (χ1v) is 13.4. The lowest BCUT2D eigenvalue weighted by molar-refractivity contribution is 0.731. The van der Waals surface area contributed by atoms with Gasteiger partial charge in [-0.3, -0.25) is 4.98 Å². The number of benzene rings is 5. The molecule has 3 nitrogen and oxygen atoms in total. The van der Waals surface area contributed by atoms with Gasteiger partial charge in [-0.15, -0.1) is 0 Å². The van der Waals surface area contributed by atoms with Crippen LogP contribution in [0, 0.1) is 6.57 Å². The summed E-state index contributed by atoms with van der Waals surface area (Å²) in [6, 6.07) is 51.0. The highest BCUT2D eigenvalue weighted by Gasteiger charge is 2.46. The third kappa shape index (κ3) is 3.55. The minimum absolute atomic E-state index is 0.511. The molecule has 3 heteroatoms. The molecule has 0 bridgehead atoms. The van der Waals surface area contributed by atoms with E-state index >= 15 is 0 Å². The van der Waals surface area contributed by atoms with Crippen molar-refractivity contribution >= 4 is 22.7 Å². The second-order valence-electron chi connectivity index (χ2n) is 9.88. The fourth-order valence-electron chi connectivity index (χ4n) is 6.19. The number of rotatable bonds is 4. The Hall–Kier alpha value is -5.46. The molecule has 0 N–H and O–H groups in total. The highest BCUT2D eigenvalue weighted by Crippen LogP contribution is 2.58. The number of aromatic nitrogens is 1. The molecule has 1 aliphatic heterocycles. The van der Waals surface area contributed by atoms with E-state index in [2.05, 4.69) is 142 Å². The van der Waals surface area contributed by atoms with E-state index in [0.717, 1.165) is 28.3 Å². The van der Waals surface area contributed by atoms with Gasteiger partial charge >= 0.3 is 0 Å². The van der Waals surface area contributed by atoms with E-state index in [0.29, 0.717) is 5.69 Å². The average Bonchev–Trinajstić information content (AvgIpc) is 3.04. The van der Waals surface area contributed by atoms with Gasteiger partial charge in [-0.25, -0.2) is 4.85 Å². The van der Waals surface area contributed by atoms with Crippen molar-refractivity contribution in [1.29, 1.82) is 0 Å². The summed E-state index contributed by atoms with van der Waals surface area (Å²) in [5.74, 6) is 0. The molecule has 0 radical (unpaired) electrons. The summed E-state index contributed by atoms with van der Waals surface area (Å²) in [6.07, 6.45) is 1.72. The minimum atomic E-state index is -0.511. The molecule has 6 aromatic rings. The van der Waals surface area contributed by atoms with Gasteiger partial charge in [0.2, 0.25) is 0 Å². The van der Waals surface area contributed by atoms with E-state index in [4.69, 9.17) is 6.57 Å². The zero-order valence-corrected chi connectivity index (χ0v) is 21.8. The Morgan fingerprint density at radius 2 is 1.05 bits per heavy atom. The molecular weight excluding hydrogens is 486 g/mol. The Labute approximate surface area is 234 Å². The summed E-state index contributed by atoms with van der Waals surface area (Å²) < 4.78 is 0. The monoisotopic (exact) mass is 511 g/mol. The van der Waals surface area contributed by atoms with Crippen molar-refractivity contribution in [3.63, 3.8) is 0 Å². The highest BCUT2D eigenvalue weighted by atomic mass is 15.2. The molecule has 0 saturated carbocycles. The van der Waals surface area contributed by atoms with Gasteiger partial charge in [-0.05, 0) is 52.6 Å². The van der Waals surface area contributed by atoms with Crippen molar-refractivity contribution in [1.82, 2.24) is 4.98 Å². The average molecular weight is 512 g/mol. The first-order valence-electron chi connectivity index (χ1n) is 13.4. The van der Waals surface area contributed by atoms with Crippen LogP contribution in [0.3, 0.4) is 0 Å². The fourth-order valence-corrected chi connectivity index (χ4v) is 6.19. The van der Waals surface area contributed by atoms with E-state index in [1.54, 1.807) is 12.3 Å². The third-order valence-corrected chi connectivity index (χ3v) is 7.81. The number of nitrogens with zero attached hydrogens (tertiary/aromatic N) is 3. The topological polar surface area (TPSA) is 20.5 Å². The molecule has 0 spiro atoms. The van der Waals surface area contributed by atoms with Gasteiger partial charge in [0.05, 0.1) is 34.7 Å². The van der Waals surface area contributed by atoms with Crippen molar-refractivity contribution in [2.75, 3.05) is 4.90 Å². The molecule has 40 heavy (non-hydrogen) atoms. The zero-order chi connectivity index (χ0) is 26.9. The number of hydrogen-bond donors (Lipinski definition) is 0. The van der Waals surface area contributed by atoms with Crippen molar-refractivity contribution in [2.45, 2.75) is 5.41 Å². The molecule has 0 unspecified atom stereocenters. The van der Waals surface area contributed by atoms with Crippen molar-refractivity contribution in [3.05, 3.63) is 185 Å². The van der Waals surface area contributed by atoms with Crippen LogP contribution in [-0.2, 0) is 5.41 Å². The van der Waals surface area contributed by atoms with Gasteiger partial charge in [-0.2, -0.15) is 0 Å². The number of fused-ring (bicyclic) bond motifs is 2. The Morgan fingerprint density at radius 1 is 0.550 bits per heavy atom. The van der Waals surface area contributed by atoms with E-state index in [1.165, 1.54) is 22.3 Å². The van der Waals surface area contributed by atoms with Crippen LogP contribution in [0.15, 0.2) is 152 Å². The molecule has 1 aromatic heterocycles. The van der Waals surface area contributed by atoms with E-state index < -0.39 is 5.41 Å². The van der Waals surface area contributed by atoms with E-state index in [9.17, 15) is 0 Å². The summed E-state index contributed by atoms with van der Waals surface area (Å²) in [7, 11) is 0. The SMILES string of the molecule is [C-]#[N+]c1ccnc(-c2ccccc2N2c3ccccc3C(c3ccccc3)(c3ccccc3)c3ccccc32)c1. The summed E-state index contributed by atoms with van der Waals surface area (Å²) in [5, 5.41) is 0. The third-order valence-electron chi connectivity index (χ3n) is 7.81. The Morgan fingerprint density at radius 3 is 1.62 bits per heavy atom. The molecule has 7 rings (SSSR count). The van der Waals surface area contributed by atoms with Crippen molar-refractivity contribution in [2.24, 2.45) is 0 Å². The van der Waals surface area contributed by atoms with Gasteiger partial charge in [0.25, 0.3) is 0 Å². The Bertz CT molecular complexity index is 1780. The molecule has 1 aliphatic rings. The highest BCUT2D eigenvalue weighted by molar-refractivity contribution is 5.94. The standard InChI is InChI=1S/C37H25N3/c1-38-29-24-25-39-33(26-29)30-18-8-11-21-34(30)40-35-22-12-9-19-31(35)37(27-14-4-2-5-15-27,28-16-6-3-7-17-28)32-20-10-13-23-36(32)40/h2-26H. The zero-order valence-electron chi connectivity index (χ0n) is 21.8. The van der Waals surface area contributed by atoms with Crippen LogP contribution in [0.25, 0.3) is 16.1 Å². The summed E-state index contributed by atoms with van der Waals surface area (Å²) in [5.41, 5.74) is 9.94. The van der Waals surface area contributed by atoms with Crippen LogP contribution in [0.5, 0.6) is 0 Å². The maximum absolute atomic E-state index is 7.54. The lowest BCUT2D eigenvalue weighted by Crippen LogP contribution is -2.37. The Balaban J connectivity index is 1.58. The molecule has 0 aliphatic carbocycles. The predicted molar refractivity (Wildman–Crippen MR) is 162 cm³/mol. The van der Waals surface area contributed by atoms with Crippen LogP contribution < -0.4 is 4.90 Å². The van der Waals surface area contributed by atoms with Crippen LogP contribution in [-0.4, -0.2) is 4.98 Å². The molecular formula is C37H25N3. The van der Waals surface area contributed by atoms with Gasteiger partial charge in [-0.1, -0.05) is 115 Å². The second kappa shape index (κ2) is 9.69. The largest absolute Gasteiger partial charge is 0.309 e. The summed E-state index contributed by atoms with van der Waals surface area (Å²) in [6.45, 7) is 7.54. The molecule has 0 atom stereocenters. The van der Waals surface area contributed by atoms with Gasteiger partial charge in [0, 0.05) is 11.8 Å². The van der Waals surface area contributed by atoms with Crippen LogP contribution in [0.2, 0.25) is 0 Å². The number of hydrogen-bond acceptors (Lipinski definition) is 2. The van der Waals surface area contributed by atoms with Crippen molar-refractivity contribution in [3.8, 4) is 11.3 Å². The van der Waals surface area contributed by atoms with E-state index in [1.807, 2.05) is 12.1 Å². The normalized spacial score (nSPS) is 13.1. The maximum Gasteiger partial charge on any atom is 0.190 e. The summed E-state index contributed by atoms with van der Waals surface area (Å²) in [4.78, 5) is 10.7. The minimum Gasteiger partial charge on any atom is -0.309 e. The first-order chi connectivity index (χ1) is 19.8. The van der Waals surface area contributed by atoms with Gasteiger partial charge in [0.15, 0.2) is 5.69 Å². The fraction of sp³-hybridized carbons (Fsp3) is 0.0270. The number of para-hydroxylation sites is 3. The number of anilines is 3. The number of pyridine rings is 1. The molecule has 0 amide bonds. The quantitative estimate of drug-likeness (QED) is 0.219. The maximum atomic E-state index is 7.54. The first kappa shape index (κ1) is 23.6. The lowest BCUT2D eigenvalue weighted by Gasteiger charge is -2.46. The molecule has 188 valence electrons. The van der Waals surface area contributed by atoms with Gasteiger partial charge in [0.1, 0.15) is 0 Å². The van der Waals surface area contributed by atoms with Crippen LogP contribution in [0.4, 0.5) is 22.7 Å². The molecule has 0 saturated heterocycles. The predicted octanol–water partition coefficient (Wildman–Crippen LogP) is 9.47. The lowest BCUT2D eigenvalue weighted by atomic mass is 9.62. The van der Waals surface area contributed by atoms with Gasteiger partial charge < -0.3 is 4.90 Å². The van der Waals surface area contributed by atoms with Crippen LogP contribution in [0.1, 0.15) is 22.3 Å². The smallest absolute Gasteiger partial charge is 0.190 e. The summed E-state index contributed by atoms with van der Waals surface area (Å²) >= 11 is 0. The molecule has 2 heterocycles.